The van der Waals surface area contributed by atoms with E-state index in [9.17, 15) is 4.79 Å². The van der Waals surface area contributed by atoms with Crippen molar-refractivity contribution in [3.8, 4) is 11.3 Å². The summed E-state index contributed by atoms with van der Waals surface area (Å²) in [4.78, 5) is 20.1. The molecule has 4 aromatic rings. The number of nitrogens with one attached hydrogen (secondary N) is 2. The molecule has 5 nitrogen and oxygen atoms in total. The lowest BCUT2D eigenvalue weighted by molar-refractivity contribution is 0.101. The average molecular weight is 395 g/mol. The quantitative estimate of drug-likeness (QED) is 0.502. The van der Waals surface area contributed by atoms with Gasteiger partial charge in [-0.3, -0.25) is 4.79 Å². The first-order valence-electron chi connectivity index (χ1n) is 9.94. The SMILES string of the molecule is O=C(Nc1ccc2c(c1)COC2)c1ncc(-c2cccc(Cc3ccccc3)c2)[nH]1. The Kier molecular flexibility index (Phi) is 4.87. The van der Waals surface area contributed by atoms with Gasteiger partial charge >= 0.3 is 0 Å². The number of aromatic nitrogens is 2. The van der Waals surface area contributed by atoms with Crippen LogP contribution in [0.5, 0.6) is 0 Å². The van der Waals surface area contributed by atoms with Crippen LogP contribution in [0.1, 0.15) is 32.9 Å². The van der Waals surface area contributed by atoms with Crippen LogP contribution < -0.4 is 5.32 Å². The van der Waals surface area contributed by atoms with Crippen molar-refractivity contribution in [2.75, 3.05) is 5.32 Å². The molecule has 0 spiro atoms. The van der Waals surface area contributed by atoms with Gasteiger partial charge in [-0.2, -0.15) is 0 Å². The second kappa shape index (κ2) is 7.97. The van der Waals surface area contributed by atoms with E-state index in [1.165, 1.54) is 16.7 Å². The number of hydrogen-bond acceptors (Lipinski definition) is 3. The Bertz CT molecular complexity index is 1200. The molecule has 148 valence electrons. The van der Waals surface area contributed by atoms with Crippen molar-refractivity contribution in [2.24, 2.45) is 0 Å². The number of benzene rings is 3. The molecule has 0 aliphatic carbocycles. The van der Waals surface area contributed by atoms with Gasteiger partial charge in [0.15, 0.2) is 5.82 Å². The van der Waals surface area contributed by atoms with Crippen LogP contribution in [-0.2, 0) is 24.4 Å². The molecule has 1 aliphatic rings. The lowest BCUT2D eigenvalue weighted by atomic mass is 10.0. The topological polar surface area (TPSA) is 67.0 Å². The van der Waals surface area contributed by atoms with Crippen LogP contribution in [0, 0.1) is 0 Å². The zero-order valence-corrected chi connectivity index (χ0v) is 16.4. The second-order valence-corrected chi connectivity index (χ2v) is 7.44. The molecule has 0 bridgehead atoms. The third-order valence-electron chi connectivity index (χ3n) is 5.26. The first-order chi connectivity index (χ1) is 14.7. The van der Waals surface area contributed by atoms with Gasteiger partial charge in [0.2, 0.25) is 0 Å². The number of fused-ring (bicyclic) bond motifs is 1. The summed E-state index contributed by atoms with van der Waals surface area (Å²) in [5.74, 6) is 0.0239. The first kappa shape index (κ1) is 18.3. The van der Waals surface area contributed by atoms with Crippen molar-refractivity contribution < 1.29 is 9.53 Å². The highest BCUT2D eigenvalue weighted by atomic mass is 16.5. The van der Waals surface area contributed by atoms with Crippen molar-refractivity contribution in [3.63, 3.8) is 0 Å². The highest BCUT2D eigenvalue weighted by molar-refractivity contribution is 6.02. The number of anilines is 1. The van der Waals surface area contributed by atoms with Gasteiger partial charge in [-0.1, -0.05) is 54.6 Å². The van der Waals surface area contributed by atoms with Gasteiger partial charge in [0.25, 0.3) is 5.91 Å². The highest BCUT2D eigenvalue weighted by Crippen LogP contribution is 2.24. The van der Waals surface area contributed by atoms with Gasteiger partial charge in [-0.05, 0) is 52.4 Å². The normalized spacial score (nSPS) is 12.5. The Morgan fingerprint density at radius 2 is 1.77 bits per heavy atom. The third-order valence-corrected chi connectivity index (χ3v) is 5.26. The van der Waals surface area contributed by atoms with Crippen LogP contribution >= 0.6 is 0 Å². The third kappa shape index (κ3) is 3.88. The molecular weight excluding hydrogens is 374 g/mol. The fraction of sp³-hybridized carbons (Fsp3) is 0.120. The van der Waals surface area contributed by atoms with E-state index < -0.39 is 0 Å². The minimum absolute atomic E-state index is 0.263. The number of hydrogen-bond donors (Lipinski definition) is 2. The van der Waals surface area contributed by atoms with E-state index in [0.29, 0.717) is 13.2 Å². The van der Waals surface area contributed by atoms with Crippen molar-refractivity contribution in [1.29, 1.82) is 0 Å². The maximum Gasteiger partial charge on any atom is 0.291 e. The van der Waals surface area contributed by atoms with E-state index in [4.69, 9.17) is 4.74 Å². The minimum Gasteiger partial charge on any atom is -0.372 e. The molecule has 1 aromatic heterocycles. The lowest BCUT2D eigenvalue weighted by Gasteiger charge is -2.06. The van der Waals surface area contributed by atoms with Crippen LogP contribution in [0.25, 0.3) is 11.3 Å². The molecule has 5 rings (SSSR count). The summed E-state index contributed by atoms with van der Waals surface area (Å²) >= 11 is 0. The maximum atomic E-state index is 12.6. The number of amides is 1. The molecule has 0 saturated carbocycles. The molecule has 2 N–H and O–H groups in total. The van der Waals surface area contributed by atoms with E-state index in [0.717, 1.165) is 28.9 Å². The van der Waals surface area contributed by atoms with Crippen LogP contribution in [0.2, 0.25) is 0 Å². The lowest BCUT2D eigenvalue weighted by Crippen LogP contribution is -2.13. The zero-order valence-electron chi connectivity index (χ0n) is 16.4. The van der Waals surface area contributed by atoms with Gasteiger partial charge in [-0.25, -0.2) is 4.98 Å². The first-order valence-corrected chi connectivity index (χ1v) is 9.94. The Labute approximate surface area is 174 Å². The fourth-order valence-electron chi connectivity index (χ4n) is 3.70. The van der Waals surface area contributed by atoms with Crippen LogP contribution in [0.15, 0.2) is 79.0 Å². The van der Waals surface area contributed by atoms with Gasteiger partial charge in [0.1, 0.15) is 0 Å². The van der Waals surface area contributed by atoms with Crippen LogP contribution in [0.4, 0.5) is 5.69 Å². The number of carbonyl (C=O) groups is 1. The molecule has 5 heteroatoms. The summed E-state index contributed by atoms with van der Waals surface area (Å²) < 4.78 is 5.43. The van der Waals surface area contributed by atoms with Crippen LogP contribution in [0.3, 0.4) is 0 Å². The molecule has 0 unspecified atom stereocenters. The average Bonchev–Trinajstić information content (AvgIpc) is 3.44. The summed E-state index contributed by atoms with van der Waals surface area (Å²) in [6, 6.07) is 24.5. The fourth-order valence-corrected chi connectivity index (χ4v) is 3.70. The Hall–Kier alpha value is -3.70. The smallest absolute Gasteiger partial charge is 0.291 e. The molecule has 2 heterocycles. The predicted molar refractivity (Wildman–Crippen MR) is 116 cm³/mol. The number of ether oxygens (including phenoxy) is 1. The van der Waals surface area contributed by atoms with E-state index in [1.54, 1.807) is 6.20 Å². The molecule has 1 amide bonds. The number of imidazole rings is 1. The zero-order chi connectivity index (χ0) is 20.3. The summed E-state index contributed by atoms with van der Waals surface area (Å²) in [5, 5.41) is 2.91. The van der Waals surface area contributed by atoms with Crippen molar-refractivity contribution >= 4 is 11.6 Å². The maximum absolute atomic E-state index is 12.6. The van der Waals surface area contributed by atoms with Crippen LogP contribution in [-0.4, -0.2) is 15.9 Å². The molecular formula is C25H21N3O2. The number of nitrogens with zero attached hydrogens (tertiary/aromatic N) is 1. The van der Waals surface area contributed by atoms with E-state index in [2.05, 4.69) is 39.6 Å². The number of H-pyrrole nitrogens is 1. The largest absolute Gasteiger partial charge is 0.372 e. The molecule has 1 aliphatic heterocycles. The van der Waals surface area contributed by atoms with Gasteiger partial charge in [-0.15, -0.1) is 0 Å². The van der Waals surface area contributed by atoms with Gasteiger partial charge in [0.05, 0.1) is 25.1 Å². The Balaban J connectivity index is 1.31. The standard InChI is InChI=1S/C25H21N3O2/c29-25(27-22-10-9-20-15-30-16-21(20)13-22)24-26-14-23(28-24)19-8-4-7-18(12-19)11-17-5-2-1-3-6-17/h1-10,12-14H,11,15-16H2,(H,26,28)(H,27,29). The Morgan fingerprint density at radius 3 is 2.67 bits per heavy atom. The summed E-state index contributed by atoms with van der Waals surface area (Å²) in [6.45, 7) is 1.22. The highest BCUT2D eigenvalue weighted by Gasteiger charge is 2.15. The van der Waals surface area contributed by atoms with E-state index in [-0.39, 0.29) is 11.7 Å². The number of rotatable bonds is 5. The number of aromatic amines is 1. The minimum atomic E-state index is -0.263. The molecule has 30 heavy (non-hydrogen) atoms. The second-order valence-electron chi connectivity index (χ2n) is 7.44. The molecule has 0 saturated heterocycles. The molecule has 0 radical (unpaired) electrons. The summed E-state index contributed by atoms with van der Waals surface area (Å²) in [6.07, 6.45) is 2.56. The molecule has 0 atom stereocenters. The van der Waals surface area contributed by atoms with E-state index >= 15 is 0 Å². The number of carbonyl (C=O) groups excluding carboxylic acids is 1. The Morgan fingerprint density at radius 1 is 0.933 bits per heavy atom. The van der Waals surface area contributed by atoms with Crippen molar-refractivity contribution in [1.82, 2.24) is 9.97 Å². The van der Waals surface area contributed by atoms with E-state index in [1.807, 2.05) is 48.5 Å². The van der Waals surface area contributed by atoms with Gasteiger partial charge < -0.3 is 15.0 Å². The summed E-state index contributed by atoms with van der Waals surface area (Å²) in [7, 11) is 0. The molecule has 0 fully saturated rings. The molecule has 3 aromatic carbocycles. The monoisotopic (exact) mass is 395 g/mol. The predicted octanol–water partition coefficient (Wildman–Crippen LogP) is 4.95. The van der Waals surface area contributed by atoms with Gasteiger partial charge in [0, 0.05) is 5.69 Å². The summed E-state index contributed by atoms with van der Waals surface area (Å²) in [5.41, 5.74) is 7.32. The van der Waals surface area contributed by atoms with Crippen molar-refractivity contribution in [2.45, 2.75) is 19.6 Å². The van der Waals surface area contributed by atoms with Crippen molar-refractivity contribution in [3.05, 3.63) is 107 Å².